The van der Waals surface area contributed by atoms with Crippen LogP contribution in [0, 0.1) is 0 Å². The molecule has 2 rings (SSSR count). The van der Waals surface area contributed by atoms with E-state index in [0.717, 1.165) is 6.54 Å². The van der Waals surface area contributed by atoms with Crippen LogP contribution in [0.2, 0.25) is 0 Å². The minimum absolute atomic E-state index is 0.372. The second-order valence-corrected chi connectivity index (χ2v) is 5.93. The third-order valence-corrected chi connectivity index (χ3v) is 4.12. The Balaban J connectivity index is 1.99. The molecule has 2 heteroatoms. The molecule has 0 aliphatic carbocycles. The first-order valence-electron chi connectivity index (χ1n) is 7.63. The van der Waals surface area contributed by atoms with Gasteiger partial charge in [0.25, 0.3) is 0 Å². The Morgan fingerprint density at radius 1 is 0.857 bits per heavy atom. The van der Waals surface area contributed by atoms with Crippen molar-refractivity contribution in [2.24, 2.45) is 0 Å². The fourth-order valence-electron chi connectivity index (χ4n) is 2.24. The van der Waals surface area contributed by atoms with Crippen molar-refractivity contribution < 1.29 is 0 Å². The number of nitrogens with zero attached hydrogens (tertiary/aromatic N) is 1. The van der Waals surface area contributed by atoms with E-state index < -0.39 is 0 Å². The van der Waals surface area contributed by atoms with E-state index in [-0.39, 0.29) is 0 Å². The average molecular weight is 282 g/mol. The molecule has 0 saturated carbocycles. The van der Waals surface area contributed by atoms with Gasteiger partial charge in [0.2, 0.25) is 0 Å². The number of nitrogens with one attached hydrogen (secondary N) is 1. The molecule has 0 aromatic heterocycles. The molecule has 2 aromatic carbocycles. The Bertz CT molecular complexity index is 531. The lowest BCUT2D eigenvalue weighted by Gasteiger charge is -2.23. The van der Waals surface area contributed by atoms with Gasteiger partial charge in [-0.25, -0.2) is 0 Å². The van der Waals surface area contributed by atoms with E-state index in [1.807, 2.05) is 0 Å². The number of rotatable bonds is 6. The van der Waals surface area contributed by atoms with Gasteiger partial charge in [-0.1, -0.05) is 54.6 Å². The molecule has 0 aliphatic heterocycles. The molecule has 0 spiro atoms. The van der Waals surface area contributed by atoms with E-state index in [2.05, 4.69) is 92.8 Å². The fourth-order valence-corrected chi connectivity index (χ4v) is 2.24. The Labute approximate surface area is 128 Å². The predicted molar refractivity (Wildman–Crippen MR) is 91.4 cm³/mol. The van der Waals surface area contributed by atoms with Gasteiger partial charge < -0.3 is 10.2 Å². The molecule has 0 bridgehead atoms. The first kappa shape index (κ1) is 15.7. The van der Waals surface area contributed by atoms with Crippen LogP contribution in [0.5, 0.6) is 0 Å². The molecular weight excluding hydrogens is 256 g/mol. The molecule has 0 amide bonds. The molecule has 0 aliphatic rings. The average Bonchev–Trinajstić information content (AvgIpc) is 2.53. The number of hydrogen-bond donors (Lipinski definition) is 1. The van der Waals surface area contributed by atoms with Crippen molar-refractivity contribution in [3.63, 3.8) is 0 Å². The van der Waals surface area contributed by atoms with E-state index >= 15 is 0 Å². The van der Waals surface area contributed by atoms with Gasteiger partial charge in [0, 0.05) is 18.6 Å². The Kier molecular flexibility index (Phi) is 5.54. The van der Waals surface area contributed by atoms with E-state index in [1.165, 1.54) is 16.7 Å². The van der Waals surface area contributed by atoms with Crippen LogP contribution in [-0.4, -0.2) is 31.6 Å². The van der Waals surface area contributed by atoms with E-state index in [4.69, 9.17) is 0 Å². The second kappa shape index (κ2) is 7.39. The van der Waals surface area contributed by atoms with Crippen molar-refractivity contribution in [3.05, 3.63) is 60.2 Å². The van der Waals surface area contributed by atoms with Crippen molar-refractivity contribution >= 4 is 0 Å². The summed E-state index contributed by atoms with van der Waals surface area (Å²) in [6.07, 6.45) is 0. The highest BCUT2D eigenvalue weighted by Crippen LogP contribution is 2.21. The third kappa shape index (κ3) is 4.42. The lowest BCUT2D eigenvalue weighted by Crippen LogP contribution is -2.36. The van der Waals surface area contributed by atoms with Crippen LogP contribution in [0.1, 0.15) is 25.5 Å². The summed E-state index contributed by atoms with van der Waals surface area (Å²) >= 11 is 0. The topological polar surface area (TPSA) is 15.3 Å². The molecule has 2 atom stereocenters. The van der Waals surface area contributed by atoms with Crippen LogP contribution in [0.4, 0.5) is 0 Å². The second-order valence-electron chi connectivity index (χ2n) is 5.93. The van der Waals surface area contributed by atoms with Gasteiger partial charge in [0.15, 0.2) is 0 Å². The zero-order valence-corrected chi connectivity index (χ0v) is 13.5. The first-order valence-corrected chi connectivity index (χ1v) is 7.63. The summed E-state index contributed by atoms with van der Waals surface area (Å²) < 4.78 is 0. The third-order valence-electron chi connectivity index (χ3n) is 4.12. The van der Waals surface area contributed by atoms with Gasteiger partial charge in [-0.15, -0.1) is 0 Å². The normalized spacial score (nSPS) is 14.1. The summed E-state index contributed by atoms with van der Waals surface area (Å²) in [6, 6.07) is 20.3. The maximum atomic E-state index is 3.60. The van der Waals surface area contributed by atoms with E-state index in [0.29, 0.717) is 12.1 Å². The lowest BCUT2D eigenvalue weighted by atomic mass is 10.0. The maximum Gasteiger partial charge on any atom is 0.0292 e. The molecule has 0 radical (unpaired) electrons. The number of benzene rings is 2. The standard InChI is InChI=1S/C19H26N2/c1-15(21(3)4)14-20-16(2)17-10-12-19(13-11-17)18-8-6-5-7-9-18/h5-13,15-16,20H,14H2,1-4H3. The number of hydrogen-bond acceptors (Lipinski definition) is 2. The molecular formula is C19H26N2. The molecule has 2 unspecified atom stereocenters. The summed E-state index contributed by atoms with van der Waals surface area (Å²) in [5.74, 6) is 0. The van der Waals surface area contributed by atoms with Gasteiger partial charge in [-0.05, 0) is 44.6 Å². The molecule has 0 heterocycles. The van der Waals surface area contributed by atoms with Crippen LogP contribution in [-0.2, 0) is 0 Å². The first-order chi connectivity index (χ1) is 10.1. The van der Waals surface area contributed by atoms with Gasteiger partial charge >= 0.3 is 0 Å². The summed E-state index contributed by atoms with van der Waals surface area (Å²) in [6.45, 7) is 5.45. The molecule has 2 nitrogen and oxygen atoms in total. The molecule has 1 N–H and O–H groups in total. The monoisotopic (exact) mass is 282 g/mol. The summed E-state index contributed by atoms with van der Waals surface area (Å²) in [5.41, 5.74) is 3.87. The molecule has 2 aromatic rings. The zero-order valence-electron chi connectivity index (χ0n) is 13.5. The van der Waals surface area contributed by atoms with Crippen molar-refractivity contribution in [3.8, 4) is 11.1 Å². The van der Waals surface area contributed by atoms with E-state index in [1.54, 1.807) is 0 Å². The van der Waals surface area contributed by atoms with Crippen molar-refractivity contribution in [1.29, 1.82) is 0 Å². The van der Waals surface area contributed by atoms with Crippen LogP contribution in [0.25, 0.3) is 11.1 Å². The molecule has 21 heavy (non-hydrogen) atoms. The lowest BCUT2D eigenvalue weighted by molar-refractivity contribution is 0.295. The van der Waals surface area contributed by atoms with Gasteiger partial charge in [0.05, 0.1) is 0 Å². The smallest absolute Gasteiger partial charge is 0.0292 e. The molecule has 0 saturated heterocycles. The number of likely N-dealkylation sites (N-methyl/N-ethyl adjacent to an activating group) is 1. The highest BCUT2D eigenvalue weighted by Gasteiger charge is 2.09. The highest BCUT2D eigenvalue weighted by atomic mass is 15.1. The van der Waals surface area contributed by atoms with Gasteiger partial charge in [-0.2, -0.15) is 0 Å². The summed E-state index contributed by atoms with van der Waals surface area (Å²) in [5, 5.41) is 3.60. The summed E-state index contributed by atoms with van der Waals surface area (Å²) in [7, 11) is 4.23. The Morgan fingerprint density at radius 3 is 2.00 bits per heavy atom. The maximum absolute atomic E-state index is 3.60. The quantitative estimate of drug-likeness (QED) is 0.863. The van der Waals surface area contributed by atoms with Gasteiger partial charge in [0.1, 0.15) is 0 Å². The van der Waals surface area contributed by atoms with Crippen molar-refractivity contribution in [1.82, 2.24) is 10.2 Å². The van der Waals surface area contributed by atoms with E-state index in [9.17, 15) is 0 Å². The molecule has 0 fully saturated rings. The SMILES string of the molecule is CC(NCC(C)N(C)C)c1ccc(-c2ccccc2)cc1. The molecule has 112 valence electrons. The van der Waals surface area contributed by atoms with Gasteiger partial charge in [-0.3, -0.25) is 0 Å². The van der Waals surface area contributed by atoms with Crippen molar-refractivity contribution in [2.45, 2.75) is 25.9 Å². The predicted octanol–water partition coefficient (Wildman–Crippen LogP) is 3.95. The zero-order chi connectivity index (χ0) is 15.2. The minimum atomic E-state index is 0.372. The summed E-state index contributed by atoms with van der Waals surface area (Å²) in [4.78, 5) is 2.23. The largest absolute Gasteiger partial charge is 0.309 e. The van der Waals surface area contributed by atoms with Crippen LogP contribution < -0.4 is 5.32 Å². The Morgan fingerprint density at radius 2 is 1.43 bits per heavy atom. The van der Waals surface area contributed by atoms with Crippen LogP contribution >= 0.6 is 0 Å². The van der Waals surface area contributed by atoms with Crippen molar-refractivity contribution in [2.75, 3.05) is 20.6 Å². The highest BCUT2D eigenvalue weighted by molar-refractivity contribution is 5.63. The van der Waals surface area contributed by atoms with Crippen LogP contribution in [0.15, 0.2) is 54.6 Å². The fraction of sp³-hybridized carbons (Fsp3) is 0.368. The minimum Gasteiger partial charge on any atom is -0.309 e. The Hall–Kier alpha value is -1.64. The van der Waals surface area contributed by atoms with Crippen LogP contribution in [0.3, 0.4) is 0 Å².